The molecule has 0 amide bonds. The molecule has 1 heterocycles. The van der Waals surface area contributed by atoms with Crippen molar-refractivity contribution in [2.75, 3.05) is 26.3 Å². The molecule has 0 radical (unpaired) electrons. The van der Waals surface area contributed by atoms with Crippen molar-refractivity contribution in [1.29, 1.82) is 0 Å². The van der Waals surface area contributed by atoms with Crippen LogP contribution in [0.4, 0.5) is 0 Å². The average molecular weight is 452 g/mol. The van der Waals surface area contributed by atoms with Crippen LogP contribution in [0.15, 0.2) is 15.6 Å². The molecule has 0 fully saturated rings. The van der Waals surface area contributed by atoms with E-state index >= 15 is 0 Å². The molecule has 0 aliphatic heterocycles. The molecule has 2 N–H and O–H groups in total. The summed E-state index contributed by atoms with van der Waals surface area (Å²) in [5.41, 5.74) is -0.0342. The second kappa shape index (κ2) is 12.5. The molecule has 1 aromatic rings. The standard InChI is InChI=1S/C17H32N4O2.HI/c1-6-8-10-22-11-9-19-16(18-7-2)21-13-15-20-12-14(23-15)17(3,4)5;/h12H,6-11,13H2,1-5H3,(H2,18,19,21);1H. The van der Waals surface area contributed by atoms with Crippen LogP contribution >= 0.6 is 24.0 Å². The molecule has 140 valence electrons. The first-order chi connectivity index (χ1) is 11.0. The van der Waals surface area contributed by atoms with Crippen LogP contribution in [0, 0.1) is 0 Å². The molecule has 0 saturated heterocycles. The van der Waals surface area contributed by atoms with Gasteiger partial charge in [-0.25, -0.2) is 9.98 Å². The Balaban J connectivity index is 0.00000529. The predicted octanol–water partition coefficient (Wildman–Crippen LogP) is 3.46. The van der Waals surface area contributed by atoms with E-state index in [1.54, 1.807) is 6.20 Å². The summed E-state index contributed by atoms with van der Waals surface area (Å²) in [4.78, 5) is 8.79. The fraction of sp³-hybridized carbons (Fsp3) is 0.765. The van der Waals surface area contributed by atoms with E-state index in [1.165, 1.54) is 0 Å². The fourth-order valence-electron chi connectivity index (χ4n) is 1.81. The Morgan fingerprint density at radius 3 is 2.58 bits per heavy atom. The van der Waals surface area contributed by atoms with Crippen molar-refractivity contribution in [1.82, 2.24) is 15.6 Å². The summed E-state index contributed by atoms with van der Waals surface area (Å²) in [7, 11) is 0. The molecule has 0 atom stereocenters. The van der Waals surface area contributed by atoms with Crippen LogP contribution in [0.1, 0.15) is 59.1 Å². The number of rotatable bonds is 9. The number of aromatic nitrogens is 1. The van der Waals surface area contributed by atoms with Crippen molar-refractivity contribution < 1.29 is 9.15 Å². The van der Waals surface area contributed by atoms with Gasteiger partial charge in [-0.1, -0.05) is 34.1 Å². The Morgan fingerprint density at radius 1 is 1.25 bits per heavy atom. The van der Waals surface area contributed by atoms with Gasteiger partial charge in [-0.3, -0.25) is 0 Å². The highest BCUT2D eigenvalue weighted by Crippen LogP contribution is 2.22. The quantitative estimate of drug-likeness (QED) is 0.260. The molecule has 0 aromatic carbocycles. The molecule has 6 nitrogen and oxygen atoms in total. The van der Waals surface area contributed by atoms with Gasteiger partial charge in [0.25, 0.3) is 0 Å². The van der Waals surface area contributed by atoms with Crippen LogP contribution in [0.5, 0.6) is 0 Å². The number of aliphatic imine (C=N–C) groups is 1. The van der Waals surface area contributed by atoms with E-state index < -0.39 is 0 Å². The number of nitrogens with zero attached hydrogens (tertiary/aromatic N) is 2. The van der Waals surface area contributed by atoms with Gasteiger partial charge < -0.3 is 19.8 Å². The minimum absolute atomic E-state index is 0. The number of hydrogen-bond donors (Lipinski definition) is 2. The minimum atomic E-state index is -0.0342. The van der Waals surface area contributed by atoms with Gasteiger partial charge in [0.15, 0.2) is 5.96 Å². The van der Waals surface area contributed by atoms with Gasteiger partial charge in [-0.15, -0.1) is 24.0 Å². The zero-order valence-electron chi connectivity index (χ0n) is 15.6. The van der Waals surface area contributed by atoms with E-state index in [9.17, 15) is 0 Å². The lowest BCUT2D eigenvalue weighted by molar-refractivity contribution is 0.136. The lowest BCUT2D eigenvalue weighted by atomic mass is 9.94. The van der Waals surface area contributed by atoms with Gasteiger partial charge in [0, 0.05) is 25.1 Å². The summed E-state index contributed by atoms with van der Waals surface area (Å²) < 4.78 is 11.3. The molecule has 0 unspecified atom stereocenters. The average Bonchev–Trinajstić information content (AvgIpc) is 2.97. The van der Waals surface area contributed by atoms with Crippen LogP contribution in [0.2, 0.25) is 0 Å². The number of oxazole rings is 1. The van der Waals surface area contributed by atoms with Crippen molar-refractivity contribution in [2.24, 2.45) is 4.99 Å². The molecule has 1 aromatic heterocycles. The third kappa shape index (κ3) is 9.46. The number of hydrogen-bond acceptors (Lipinski definition) is 4. The van der Waals surface area contributed by atoms with Crippen molar-refractivity contribution in [2.45, 2.75) is 59.4 Å². The summed E-state index contributed by atoms with van der Waals surface area (Å²) >= 11 is 0. The second-order valence-corrected chi connectivity index (χ2v) is 6.46. The predicted molar refractivity (Wildman–Crippen MR) is 109 cm³/mol. The summed E-state index contributed by atoms with van der Waals surface area (Å²) in [5.74, 6) is 2.26. The minimum Gasteiger partial charge on any atom is -0.443 e. The molecule has 0 aliphatic carbocycles. The number of ether oxygens (including phenoxy) is 1. The maximum Gasteiger partial charge on any atom is 0.216 e. The third-order valence-corrected chi connectivity index (χ3v) is 3.19. The smallest absolute Gasteiger partial charge is 0.216 e. The van der Waals surface area contributed by atoms with E-state index in [2.05, 4.69) is 48.3 Å². The molecular weight excluding hydrogens is 419 g/mol. The van der Waals surface area contributed by atoms with Gasteiger partial charge in [-0.2, -0.15) is 0 Å². The van der Waals surface area contributed by atoms with Gasteiger partial charge in [0.2, 0.25) is 5.89 Å². The highest BCUT2D eigenvalue weighted by atomic mass is 127. The van der Waals surface area contributed by atoms with Gasteiger partial charge in [0.05, 0.1) is 12.8 Å². The Kier molecular flexibility index (Phi) is 12.1. The Labute approximate surface area is 163 Å². The second-order valence-electron chi connectivity index (χ2n) is 6.46. The van der Waals surface area contributed by atoms with E-state index in [0.29, 0.717) is 19.0 Å². The maximum absolute atomic E-state index is 5.75. The summed E-state index contributed by atoms with van der Waals surface area (Å²) in [5, 5.41) is 6.46. The van der Waals surface area contributed by atoms with E-state index in [1.807, 2.05) is 6.92 Å². The van der Waals surface area contributed by atoms with Crippen molar-refractivity contribution >= 4 is 29.9 Å². The third-order valence-electron chi connectivity index (χ3n) is 3.19. The van der Waals surface area contributed by atoms with Gasteiger partial charge in [0.1, 0.15) is 12.3 Å². The topological polar surface area (TPSA) is 71.7 Å². The summed E-state index contributed by atoms with van der Waals surface area (Å²) in [6, 6.07) is 0. The fourth-order valence-corrected chi connectivity index (χ4v) is 1.81. The van der Waals surface area contributed by atoms with Crippen LogP contribution in [-0.4, -0.2) is 37.2 Å². The van der Waals surface area contributed by atoms with E-state index in [0.717, 1.165) is 44.3 Å². The van der Waals surface area contributed by atoms with E-state index in [4.69, 9.17) is 9.15 Å². The SMILES string of the molecule is CCCCOCCNC(=NCc1ncc(C(C)(C)C)o1)NCC.I. The number of halogens is 1. The normalized spacial score (nSPS) is 12.0. The monoisotopic (exact) mass is 452 g/mol. The molecule has 0 saturated carbocycles. The lowest BCUT2D eigenvalue weighted by Gasteiger charge is -2.13. The first-order valence-corrected chi connectivity index (χ1v) is 8.52. The molecule has 0 bridgehead atoms. The number of unbranched alkanes of at least 4 members (excludes halogenated alkanes) is 1. The highest BCUT2D eigenvalue weighted by molar-refractivity contribution is 14.0. The largest absolute Gasteiger partial charge is 0.443 e. The van der Waals surface area contributed by atoms with Crippen LogP contribution in [0.25, 0.3) is 0 Å². The zero-order chi connectivity index (χ0) is 17.1. The Morgan fingerprint density at radius 2 is 2.00 bits per heavy atom. The molecule has 1 rings (SSSR count). The van der Waals surface area contributed by atoms with Crippen LogP contribution in [0.3, 0.4) is 0 Å². The van der Waals surface area contributed by atoms with Gasteiger partial charge >= 0.3 is 0 Å². The summed E-state index contributed by atoms with van der Waals surface area (Å²) in [6.07, 6.45) is 4.05. The molecule has 7 heteroatoms. The first kappa shape index (κ1) is 23.2. The summed E-state index contributed by atoms with van der Waals surface area (Å²) in [6.45, 7) is 14.0. The number of guanidine groups is 1. The van der Waals surface area contributed by atoms with Crippen LogP contribution < -0.4 is 10.6 Å². The van der Waals surface area contributed by atoms with Crippen molar-refractivity contribution in [3.63, 3.8) is 0 Å². The molecule has 0 aliphatic rings. The van der Waals surface area contributed by atoms with Crippen molar-refractivity contribution in [3.05, 3.63) is 17.8 Å². The molecule has 24 heavy (non-hydrogen) atoms. The van der Waals surface area contributed by atoms with E-state index in [-0.39, 0.29) is 29.4 Å². The van der Waals surface area contributed by atoms with Gasteiger partial charge in [-0.05, 0) is 13.3 Å². The van der Waals surface area contributed by atoms with Crippen molar-refractivity contribution in [3.8, 4) is 0 Å². The first-order valence-electron chi connectivity index (χ1n) is 8.52. The lowest BCUT2D eigenvalue weighted by Crippen LogP contribution is -2.39. The maximum atomic E-state index is 5.75. The zero-order valence-corrected chi connectivity index (χ0v) is 18.0. The number of nitrogens with one attached hydrogen (secondary N) is 2. The highest BCUT2D eigenvalue weighted by Gasteiger charge is 2.18. The Hall–Kier alpha value is -0.830. The van der Waals surface area contributed by atoms with Crippen LogP contribution in [-0.2, 0) is 16.7 Å². The molecule has 0 spiro atoms. The molecular formula is C17H33IN4O2. The Bertz CT molecular complexity index is 469.